The minimum atomic E-state index is -0.211. The summed E-state index contributed by atoms with van der Waals surface area (Å²) in [7, 11) is 0. The fourth-order valence-electron chi connectivity index (χ4n) is 3.52. The number of nitrogens with zero attached hydrogens (tertiary/aromatic N) is 4. The monoisotopic (exact) mass is 449 g/mol. The minimum absolute atomic E-state index is 0. The molecule has 3 rings (SSSR count). The predicted molar refractivity (Wildman–Crippen MR) is 121 cm³/mol. The highest BCUT2D eigenvalue weighted by Gasteiger charge is 2.22. The van der Waals surface area contributed by atoms with Crippen molar-refractivity contribution in [3.8, 4) is 0 Å². The van der Waals surface area contributed by atoms with Gasteiger partial charge in [-0.3, -0.25) is 4.79 Å². The second-order valence-corrected chi connectivity index (χ2v) is 9.39. The van der Waals surface area contributed by atoms with Crippen LogP contribution in [-0.2, 0) is 0 Å². The van der Waals surface area contributed by atoms with E-state index in [9.17, 15) is 4.79 Å². The maximum Gasteiger partial charge on any atom is 0.215 e. The van der Waals surface area contributed by atoms with Crippen LogP contribution in [0.1, 0.15) is 46.1 Å². The van der Waals surface area contributed by atoms with E-state index in [1.165, 1.54) is 0 Å². The van der Waals surface area contributed by atoms with Crippen molar-refractivity contribution in [2.24, 2.45) is 5.41 Å². The summed E-state index contributed by atoms with van der Waals surface area (Å²) in [5, 5.41) is 0. The van der Waals surface area contributed by atoms with Gasteiger partial charge in [0, 0.05) is 39.7 Å². The molecule has 2 aromatic heterocycles. The highest BCUT2D eigenvalue weighted by Crippen LogP contribution is 2.22. The summed E-state index contributed by atoms with van der Waals surface area (Å²) in [6, 6.07) is 7.28. The Hall–Kier alpha value is -1.99. The molecule has 0 atom stereocenters. The third kappa shape index (κ3) is 5.29. The summed E-state index contributed by atoms with van der Waals surface area (Å²) in [5.74, 6) is 0.843. The number of anilines is 2. The molecule has 154 valence electrons. The molecule has 1 saturated heterocycles. The SMILES string of the molecule is CC(C)(C)CN1CCCN(c2cccc(C(=O)c3cc(Br)cnc3N)n2)CC1.[HH].[HH]. The molecule has 1 fully saturated rings. The van der Waals surface area contributed by atoms with Crippen LogP contribution in [0.3, 0.4) is 0 Å². The molecule has 1 aliphatic rings. The molecule has 0 aromatic carbocycles. The highest BCUT2D eigenvalue weighted by molar-refractivity contribution is 9.10. The summed E-state index contributed by atoms with van der Waals surface area (Å²) >= 11 is 3.35. The topological polar surface area (TPSA) is 75.3 Å². The number of aromatic nitrogens is 2. The van der Waals surface area contributed by atoms with Crippen molar-refractivity contribution in [2.75, 3.05) is 43.4 Å². The van der Waals surface area contributed by atoms with Gasteiger partial charge in [-0.2, -0.15) is 0 Å². The third-order valence-corrected chi connectivity index (χ3v) is 5.14. The van der Waals surface area contributed by atoms with E-state index in [0.29, 0.717) is 15.7 Å². The van der Waals surface area contributed by atoms with Gasteiger partial charge in [-0.15, -0.1) is 0 Å². The lowest BCUT2D eigenvalue weighted by Gasteiger charge is -2.29. The molecule has 6 nitrogen and oxygen atoms in total. The fourth-order valence-corrected chi connectivity index (χ4v) is 3.86. The van der Waals surface area contributed by atoms with Crippen LogP contribution < -0.4 is 10.6 Å². The van der Waals surface area contributed by atoms with Crippen molar-refractivity contribution >= 4 is 33.3 Å². The maximum absolute atomic E-state index is 12.9. The smallest absolute Gasteiger partial charge is 0.215 e. The Kier molecular flexibility index (Phi) is 6.35. The first-order chi connectivity index (χ1) is 13.2. The largest absolute Gasteiger partial charge is 0.383 e. The molecule has 2 aromatic rings. The van der Waals surface area contributed by atoms with Gasteiger partial charge in [-0.1, -0.05) is 26.8 Å². The summed E-state index contributed by atoms with van der Waals surface area (Å²) in [6.45, 7) is 11.8. The van der Waals surface area contributed by atoms with E-state index in [1.807, 2.05) is 12.1 Å². The molecule has 0 bridgehead atoms. The molecule has 2 N–H and O–H groups in total. The Morgan fingerprint density at radius 3 is 2.79 bits per heavy atom. The molecule has 3 heterocycles. The number of hydrogen-bond donors (Lipinski definition) is 1. The molecule has 0 saturated carbocycles. The molecular formula is C21H32BrN5O. The Morgan fingerprint density at radius 2 is 2.04 bits per heavy atom. The van der Waals surface area contributed by atoms with Crippen LogP contribution in [-0.4, -0.2) is 53.4 Å². The summed E-state index contributed by atoms with van der Waals surface area (Å²) in [6.07, 6.45) is 2.66. The number of ketones is 1. The number of carbonyl (C=O) groups excluding carboxylic acids is 1. The normalized spacial score (nSPS) is 16.1. The highest BCUT2D eigenvalue weighted by atomic mass is 79.9. The van der Waals surface area contributed by atoms with Crippen LogP contribution in [0.4, 0.5) is 11.6 Å². The number of hydrogen-bond acceptors (Lipinski definition) is 6. The number of rotatable bonds is 4. The van der Waals surface area contributed by atoms with E-state index in [1.54, 1.807) is 18.3 Å². The molecule has 0 amide bonds. The zero-order valence-corrected chi connectivity index (χ0v) is 18.4. The zero-order valence-electron chi connectivity index (χ0n) is 16.8. The summed E-state index contributed by atoms with van der Waals surface area (Å²) in [4.78, 5) is 26.4. The summed E-state index contributed by atoms with van der Waals surface area (Å²) < 4.78 is 0.715. The van der Waals surface area contributed by atoms with Crippen LogP contribution >= 0.6 is 15.9 Å². The molecule has 0 unspecified atom stereocenters. The van der Waals surface area contributed by atoms with Crippen molar-refractivity contribution in [2.45, 2.75) is 27.2 Å². The van der Waals surface area contributed by atoms with Gasteiger partial charge in [0.05, 0.1) is 5.56 Å². The van der Waals surface area contributed by atoms with E-state index in [2.05, 4.69) is 56.5 Å². The second kappa shape index (κ2) is 8.57. The van der Waals surface area contributed by atoms with Crippen molar-refractivity contribution in [1.29, 1.82) is 0 Å². The number of nitrogens with two attached hydrogens (primary N) is 1. The fraction of sp³-hybridized carbons (Fsp3) is 0.476. The molecule has 28 heavy (non-hydrogen) atoms. The Labute approximate surface area is 178 Å². The molecule has 7 heteroatoms. The van der Waals surface area contributed by atoms with Crippen molar-refractivity contribution in [3.05, 3.63) is 46.2 Å². The minimum Gasteiger partial charge on any atom is -0.383 e. The third-order valence-electron chi connectivity index (χ3n) is 4.71. The number of halogens is 1. The van der Waals surface area contributed by atoms with E-state index in [-0.39, 0.29) is 19.9 Å². The molecular weight excluding hydrogens is 418 g/mol. The second-order valence-electron chi connectivity index (χ2n) is 8.47. The first-order valence-corrected chi connectivity index (χ1v) is 10.4. The first kappa shape index (κ1) is 20.7. The van der Waals surface area contributed by atoms with Crippen LogP contribution in [0.15, 0.2) is 34.9 Å². The molecule has 0 aliphatic carbocycles. The van der Waals surface area contributed by atoms with Gasteiger partial charge in [0.1, 0.15) is 17.3 Å². The van der Waals surface area contributed by atoms with Gasteiger partial charge in [0.2, 0.25) is 5.78 Å². The van der Waals surface area contributed by atoms with Gasteiger partial charge in [0.25, 0.3) is 0 Å². The molecule has 0 radical (unpaired) electrons. The van der Waals surface area contributed by atoms with Crippen LogP contribution in [0.25, 0.3) is 0 Å². The lowest BCUT2D eigenvalue weighted by atomic mass is 9.96. The number of nitrogen functional groups attached to an aromatic ring is 1. The summed E-state index contributed by atoms with van der Waals surface area (Å²) in [5.41, 5.74) is 6.94. The zero-order chi connectivity index (χ0) is 20.3. The Balaban J connectivity index is 0.00000225. The average molecular weight is 450 g/mol. The van der Waals surface area contributed by atoms with E-state index < -0.39 is 0 Å². The lowest BCUT2D eigenvalue weighted by Crippen LogP contribution is -2.36. The number of carbonyl (C=O) groups is 1. The van der Waals surface area contributed by atoms with Crippen LogP contribution in [0.5, 0.6) is 0 Å². The first-order valence-electron chi connectivity index (χ1n) is 9.63. The van der Waals surface area contributed by atoms with Crippen LogP contribution in [0.2, 0.25) is 0 Å². The van der Waals surface area contributed by atoms with Gasteiger partial charge < -0.3 is 15.5 Å². The van der Waals surface area contributed by atoms with Crippen LogP contribution in [0, 0.1) is 5.41 Å². The number of pyridine rings is 2. The van der Waals surface area contributed by atoms with Gasteiger partial charge >= 0.3 is 0 Å². The predicted octanol–water partition coefficient (Wildman–Crippen LogP) is 4.10. The Morgan fingerprint density at radius 1 is 1.25 bits per heavy atom. The van der Waals surface area contributed by atoms with Crippen molar-refractivity contribution in [1.82, 2.24) is 14.9 Å². The quantitative estimate of drug-likeness (QED) is 0.707. The molecule has 1 aliphatic heterocycles. The van der Waals surface area contributed by atoms with Gasteiger partial charge in [-0.05, 0) is 52.5 Å². The van der Waals surface area contributed by atoms with E-state index in [0.717, 1.165) is 45.0 Å². The van der Waals surface area contributed by atoms with Gasteiger partial charge in [0.15, 0.2) is 0 Å². The average Bonchev–Trinajstić information content (AvgIpc) is 2.87. The maximum atomic E-state index is 12.9. The molecule has 0 spiro atoms. The van der Waals surface area contributed by atoms with Gasteiger partial charge in [-0.25, -0.2) is 9.97 Å². The Bertz CT molecular complexity index is 860. The van der Waals surface area contributed by atoms with Crippen molar-refractivity contribution in [3.63, 3.8) is 0 Å². The van der Waals surface area contributed by atoms with E-state index >= 15 is 0 Å². The lowest BCUT2D eigenvalue weighted by molar-refractivity contribution is 0.103. The van der Waals surface area contributed by atoms with E-state index in [4.69, 9.17) is 5.73 Å². The van der Waals surface area contributed by atoms with Crippen molar-refractivity contribution < 1.29 is 7.65 Å². The standard InChI is InChI=1S/C21H28BrN5O.2H2/c1-21(2,3)14-26-8-5-9-27(11-10-26)18-7-4-6-17(25-18)19(28)16-12-15(22)13-24-20(16)23;;/h4,6-7,12-13H,5,8-11,14H2,1-3H3,(H2,23,24);2*1H.